The lowest BCUT2D eigenvalue weighted by Gasteiger charge is -2.05. The molecule has 0 radical (unpaired) electrons. The van der Waals surface area contributed by atoms with Gasteiger partial charge in [-0.15, -0.1) is 0 Å². The zero-order valence-corrected chi connectivity index (χ0v) is 13.5. The monoisotopic (exact) mass is 333 g/mol. The Morgan fingerprint density at radius 2 is 1.80 bits per heavy atom. The maximum atomic E-state index is 12.4. The molecule has 6 heteroatoms. The molecule has 0 atom stereocenters. The molecule has 1 aliphatic heterocycles. The van der Waals surface area contributed by atoms with Gasteiger partial charge in [0.25, 0.3) is 17.7 Å². The van der Waals surface area contributed by atoms with Crippen molar-refractivity contribution in [2.75, 3.05) is 7.05 Å². The van der Waals surface area contributed by atoms with Gasteiger partial charge in [-0.2, -0.15) is 0 Å². The van der Waals surface area contributed by atoms with Gasteiger partial charge in [-0.05, 0) is 35.7 Å². The average Bonchev–Trinajstić information content (AvgIpc) is 3.14. The molecular formula is C19H15N3O3. The van der Waals surface area contributed by atoms with E-state index < -0.39 is 0 Å². The van der Waals surface area contributed by atoms with E-state index in [1.54, 1.807) is 6.07 Å². The summed E-state index contributed by atoms with van der Waals surface area (Å²) in [6, 6.07) is 14.4. The Morgan fingerprint density at radius 1 is 1.04 bits per heavy atom. The van der Waals surface area contributed by atoms with Crippen LogP contribution in [-0.4, -0.2) is 34.7 Å². The summed E-state index contributed by atoms with van der Waals surface area (Å²) in [5.74, 6) is -1.02. The quantitative estimate of drug-likeness (QED) is 0.722. The number of aromatic amines is 1. The van der Waals surface area contributed by atoms with Crippen LogP contribution in [0.2, 0.25) is 0 Å². The van der Waals surface area contributed by atoms with Crippen molar-refractivity contribution in [3.63, 3.8) is 0 Å². The van der Waals surface area contributed by atoms with Crippen LogP contribution in [0.1, 0.15) is 36.8 Å². The molecule has 0 aliphatic carbocycles. The summed E-state index contributed by atoms with van der Waals surface area (Å²) < 4.78 is 0. The number of nitrogens with one attached hydrogen (secondary N) is 2. The van der Waals surface area contributed by atoms with E-state index in [9.17, 15) is 14.4 Å². The number of imide groups is 1. The summed E-state index contributed by atoms with van der Waals surface area (Å²) in [6.07, 6.45) is 0. The summed E-state index contributed by atoms with van der Waals surface area (Å²) in [7, 11) is 1.43. The Hall–Kier alpha value is -3.41. The lowest BCUT2D eigenvalue weighted by atomic mass is 10.1. The van der Waals surface area contributed by atoms with Crippen LogP contribution in [0.15, 0.2) is 48.5 Å². The predicted octanol–water partition coefficient (Wildman–Crippen LogP) is 2.32. The topological polar surface area (TPSA) is 82.3 Å². The van der Waals surface area contributed by atoms with Crippen molar-refractivity contribution >= 4 is 28.6 Å². The summed E-state index contributed by atoms with van der Waals surface area (Å²) in [5.41, 5.74) is 2.86. The Kier molecular flexibility index (Phi) is 3.39. The fourth-order valence-electron chi connectivity index (χ4n) is 3.01. The predicted molar refractivity (Wildman–Crippen MR) is 92.3 cm³/mol. The van der Waals surface area contributed by atoms with Gasteiger partial charge in [0.2, 0.25) is 0 Å². The maximum absolute atomic E-state index is 12.4. The van der Waals surface area contributed by atoms with Gasteiger partial charge >= 0.3 is 0 Å². The van der Waals surface area contributed by atoms with Crippen molar-refractivity contribution in [1.82, 2.24) is 15.2 Å². The fourth-order valence-corrected chi connectivity index (χ4v) is 3.01. The molecule has 124 valence electrons. The third-order valence-corrected chi connectivity index (χ3v) is 4.38. The van der Waals surface area contributed by atoms with Crippen molar-refractivity contribution in [1.29, 1.82) is 0 Å². The Bertz CT molecular complexity index is 1000. The van der Waals surface area contributed by atoms with Crippen molar-refractivity contribution in [3.8, 4) is 0 Å². The smallest absolute Gasteiger partial charge is 0.261 e. The van der Waals surface area contributed by atoms with E-state index in [4.69, 9.17) is 0 Å². The molecule has 2 heterocycles. The minimum atomic E-state index is -0.384. The number of hydrogen-bond acceptors (Lipinski definition) is 3. The van der Waals surface area contributed by atoms with Crippen LogP contribution in [0.25, 0.3) is 10.9 Å². The van der Waals surface area contributed by atoms with E-state index in [1.807, 2.05) is 30.3 Å². The normalized spacial score (nSPS) is 13.4. The number of fused-ring (bicyclic) bond motifs is 2. The van der Waals surface area contributed by atoms with Gasteiger partial charge in [0.05, 0.1) is 17.7 Å². The number of carbonyl (C=O) groups is 3. The molecule has 25 heavy (non-hydrogen) atoms. The Balaban J connectivity index is 1.52. The summed E-state index contributed by atoms with van der Waals surface area (Å²) in [4.78, 5) is 40.6. The zero-order chi connectivity index (χ0) is 17.6. The molecule has 1 aliphatic rings. The van der Waals surface area contributed by atoms with E-state index in [0.29, 0.717) is 17.7 Å². The van der Waals surface area contributed by atoms with Crippen LogP contribution >= 0.6 is 0 Å². The second kappa shape index (κ2) is 5.59. The highest BCUT2D eigenvalue weighted by atomic mass is 16.2. The van der Waals surface area contributed by atoms with E-state index in [0.717, 1.165) is 21.5 Å². The second-order valence-electron chi connectivity index (χ2n) is 5.99. The number of carbonyl (C=O) groups excluding carboxylic acids is 3. The number of H-pyrrole nitrogens is 1. The largest absolute Gasteiger partial charge is 0.357 e. The molecule has 6 nitrogen and oxygen atoms in total. The Morgan fingerprint density at radius 3 is 2.60 bits per heavy atom. The van der Waals surface area contributed by atoms with Crippen molar-refractivity contribution in [2.45, 2.75) is 6.54 Å². The first-order valence-corrected chi connectivity index (χ1v) is 7.86. The lowest BCUT2D eigenvalue weighted by molar-refractivity contribution is 0.0693. The van der Waals surface area contributed by atoms with Crippen LogP contribution in [0.4, 0.5) is 0 Å². The van der Waals surface area contributed by atoms with Gasteiger partial charge < -0.3 is 10.3 Å². The first-order valence-electron chi connectivity index (χ1n) is 7.86. The van der Waals surface area contributed by atoms with Crippen molar-refractivity contribution in [2.24, 2.45) is 0 Å². The molecule has 0 saturated carbocycles. The molecule has 0 saturated heterocycles. The van der Waals surface area contributed by atoms with Crippen molar-refractivity contribution < 1.29 is 14.4 Å². The highest BCUT2D eigenvalue weighted by molar-refractivity contribution is 6.21. The number of nitrogens with zero attached hydrogens (tertiary/aromatic N) is 1. The van der Waals surface area contributed by atoms with E-state index in [2.05, 4.69) is 10.3 Å². The number of hydrogen-bond donors (Lipinski definition) is 2. The fraction of sp³-hybridized carbons (Fsp3) is 0.105. The third-order valence-electron chi connectivity index (χ3n) is 4.38. The van der Waals surface area contributed by atoms with Gasteiger partial charge in [0.15, 0.2) is 0 Å². The summed E-state index contributed by atoms with van der Waals surface area (Å²) in [5, 5.41) is 3.90. The van der Waals surface area contributed by atoms with Crippen LogP contribution in [0.5, 0.6) is 0 Å². The van der Waals surface area contributed by atoms with Gasteiger partial charge in [-0.1, -0.05) is 18.2 Å². The molecule has 2 N–H and O–H groups in total. The molecular weight excluding hydrogens is 318 g/mol. The first-order chi connectivity index (χ1) is 12.0. The second-order valence-corrected chi connectivity index (χ2v) is 5.99. The highest BCUT2D eigenvalue weighted by Crippen LogP contribution is 2.22. The van der Waals surface area contributed by atoms with Crippen LogP contribution in [0, 0.1) is 0 Å². The maximum Gasteiger partial charge on any atom is 0.261 e. The highest BCUT2D eigenvalue weighted by Gasteiger charge is 2.33. The summed E-state index contributed by atoms with van der Waals surface area (Å²) in [6.45, 7) is 0.345. The standard InChI is InChI=1S/C19H15N3O3/c1-22-18(24)14-7-6-12(9-15(14)19(22)25)17(23)20-10-13-8-11-4-2-3-5-16(11)21-13/h2-9,21H,10H2,1H3,(H,20,23). The number of aromatic nitrogens is 1. The minimum Gasteiger partial charge on any atom is -0.357 e. The third kappa shape index (κ3) is 2.48. The van der Waals surface area contributed by atoms with E-state index >= 15 is 0 Å². The summed E-state index contributed by atoms with van der Waals surface area (Å²) >= 11 is 0. The number of benzene rings is 2. The SMILES string of the molecule is CN1C(=O)c2ccc(C(=O)NCc3cc4ccccc4[nH]3)cc2C1=O. The van der Waals surface area contributed by atoms with Gasteiger partial charge in [-0.25, -0.2) is 0 Å². The molecule has 0 spiro atoms. The van der Waals surface area contributed by atoms with Gasteiger partial charge in [0, 0.05) is 23.8 Å². The van der Waals surface area contributed by atoms with E-state index in [-0.39, 0.29) is 23.3 Å². The number of para-hydroxylation sites is 1. The molecule has 1 aromatic heterocycles. The lowest BCUT2D eigenvalue weighted by Crippen LogP contribution is -2.24. The van der Waals surface area contributed by atoms with Gasteiger partial charge in [-0.3, -0.25) is 19.3 Å². The minimum absolute atomic E-state index is 0.269. The van der Waals surface area contributed by atoms with Crippen LogP contribution < -0.4 is 5.32 Å². The molecule has 0 unspecified atom stereocenters. The van der Waals surface area contributed by atoms with Crippen molar-refractivity contribution in [3.05, 3.63) is 70.9 Å². The molecule has 4 rings (SSSR count). The molecule has 2 aromatic carbocycles. The molecule has 0 fully saturated rings. The molecule has 3 amide bonds. The van der Waals surface area contributed by atoms with Gasteiger partial charge in [0.1, 0.15) is 0 Å². The van der Waals surface area contributed by atoms with E-state index in [1.165, 1.54) is 19.2 Å². The molecule has 0 bridgehead atoms. The number of amides is 3. The number of rotatable bonds is 3. The van der Waals surface area contributed by atoms with Crippen LogP contribution in [0.3, 0.4) is 0 Å². The zero-order valence-electron chi connectivity index (χ0n) is 13.5. The average molecular weight is 333 g/mol. The Labute approximate surface area is 143 Å². The van der Waals surface area contributed by atoms with Crippen LogP contribution in [-0.2, 0) is 6.54 Å². The first kappa shape index (κ1) is 15.1. The molecule has 3 aromatic rings.